The normalized spacial score (nSPS) is 11.6. The van der Waals surface area contributed by atoms with E-state index >= 15 is 0 Å². The van der Waals surface area contributed by atoms with Gasteiger partial charge in [0, 0.05) is 53.2 Å². The zero-order valence-corrected chi connectivity index (χ0v) is 18.7. The molecule has 144 valence electrons. The Morgan fingerprint density at radius 1 is 1.32 bits per heavy atom. The van der Waals surface area contributed by atoms with Crippen LogP contribution in [0.2, 0.25) is 0 Å². The van der Waals surface area contributed by atoms with Crippen molar-refractivity contribution in [2.45, 2.75) is 32.9 Å². The molecule has 0 bridgehead atoms. The van der Waals surface area contributed by atoms with Gasteiger partial charge < -0.3 is 24.4 Å². The summed E-state index contributed by atoms with van der Waals surface area (Å²) in [7, 11) is 7.49. The van der Waals surface area contributed by atoms with E-state index in [1.165, 1.54) is 5.69 Å². The average molecular weight is 465 g/mol. The largest absolute Gasteiger partial charge is 0.444 e. The Hall–Kier alpha value is -1.45. The quantitative estimate of drug-likeness (QED) is 0.413. The molecule has 0 aromatic carbocycles. The SMILES string of the molecule is CN=C(NCCN(C)C(=O)OC(C)(C)C)N(C)Cc1cccn1C.I. The number of halogens is 1. The molecule has 0 aliphatic rings. The number of hydrogen-bond donors (Lipinski definition) is 1. The molecule has 1 heterocycles. The van der Waals surface area contributed by atoms with Crippen molar-refractivity contribution in [1.82, 2.24) is 19.7 Å². The zero-order chi connectivity index (χ0) is 18.3. The number of amides is 1. The van der Waals surface area contributed by atoms with Gasteiger partial charge in [-0.3, -0.25) is 4.99 Å². The predicted molar refractivity (Wildman–Crippen MR) is 113 cm³/mol. The van der Waals surface area contributed by atoms with E-state index in [-0.39, 0.29) is 30.1 Å². The van der Waals surface area contributed by atoms with Crippen LogP contribution in [0.1, 0.15) is 26.5 Å². The summed E-state index contributed by atoms with van der Waals surface area (Å²) in [5.74, 6) is 0.786. The van der Waals surface area contributed by atoms with Crippen molar-refractivity contribution < 1.29 is 9.53 Å². The predicted octanol–water partition coefficient (Wildman–Crippen LogP) is 2.52. The van der Waals surface area contributed by atoms with E-state index in [0.29, 0.717) is 13.1 Å². The lowest BCUT2D eigenvalue weighted by Crippen LogP contribution is -2.43. The minimum absolute atomic E-state index is 0. The van der Waals surface area contributed by atoms with Crippen molar-refractivity contribution in [2.24, 2.45) is 12.0 Å². The maximum atomic E-state index is 11.9. The van der Waals surface area contributed by atoms with Crippen LogP contribution in [0.15, 0.2) is 23.3 Å². The Balaban J connectivity index is 0.00000576. The van der Waals surface area contributed by atoms with Gasteiger partial charge in [0.25, 0.3) is 0 Å². The van der Waals surface area contributed by atoms with Crippen LogP contribution in [0, 0.1) is 0 Å². The Labute approximate surface area is 168 Å². The number of nitrogens with zero attached hydrogens (tertiary/aromatic N) is 4. The second-order valence-electron chi connectivity index (χ2n) is 6.84. The number of rotatable bonds is 5. The number of guanidine groups is 1. The van der Waals surface area contributed by atoms with Crippen LogP contribution in [0.5, 0.6) is 0 Å². The molecule has 8 heteroatoms. The molecular formula is C17H32IN5O2. The van der Waals surface area contributed by atoms with Crippen molar-refractivity contribution in [1.29, 1.82) is 0 Å². The number of likely N-dealkylation sites (N-methyl/N-ethyl adjacent to an activating group) is 1. The first-order valence-corrected chi connectivity index (χ1v) is 8.10. The molecule has 0 radical (unpaired) electrons. The van der Waals surface area contributed by atoms with Gasteiger partial charge in [0.15, 0.2) is 5.96 Å². The molecule has 25 heavy (non-hydrogen) atoms. The molecule has 0 spiro atoms. The first-order valence-electron chi connectivity index (χ1n) is 8.10. The Morgan fingerprint density at radius 2 is 1.96 bits per heavy atom. The van der Waals surface area contributed by atoms with Gasteiger partial charge in [-0.1, -0.05) is 0 Å². The monoisotopic (exact) mass is 465 g/mol. The molecule has 1 aromatic heterocycles. The van der Waals surface area contributed by atoms with E-state index in [1.807, 2.05) is 52.0 Å². The summed E-state index contributed by atoms with van der Waals surface area (Å²) in [6, 6.07) is 4.11. The van der Waals surface area contributed by atoms with Crippen LogP contribution in [-0.4, -0.2) is 66.3 Å². The van der Waals surface area contributed by atoms with Crippen molar-refractivity contribution in [3.05, 3.63) is 24.0 Å². The smallest absolute Gasteiger partial charge is 0.410 e. The molecule has 0 saturated carbocycles. The van der Waals surface area contributed by atoms with E-state index in [1.54, 1.807) is 19.0 Å². The van der Waals surface area contributed by atoms with E-state index < -0.39 is 5.60 Å². The minimum atomic E-state index is -0.482. The van der Waals surface area contributed by atoms with Gasteiger partial charge >= 0.3 is 6.09 Å². The summed E-state index contributed by atoms with van der Waals surface area (Å²) >= 11 is 0. The summed E-state index contributed by atoms with van der Waals surface area (Å²) < 4.78 is 7.41. The number of carbonyl (C=O) groups is 1. The molecule has 1 rings (SSSR count). The Morgan fingerprint density at radius 3 is 2.44 bits per heavy atom. The first kappa shape index (κ1) is 23.5. The molecule has 0 unspecified atom stereocenters. The number of carbonyl (C=O) groups excluding carboxylic acids is 1. The van der Waals surface area contributed by atoms with Gasteiger partial charge in [0.1, 0.15) is 5.60 Å². The highest BCUT2D eigenvalue weighted by atomic mass is 127. The van der Waals surface area contributed by atoms with Crippen molar-refractivity contribution in [3.8, 4) is 0 Å². The topological polar surface area (TPSA) is 62.1 Å². The molecule has 1 N–H and O–H groups in total. The molecule has 7 nitrogen and oxygen atoms in total. The van der Waals surface area contributed by atoms with E-state index in [0.717, 1.165) is 12.5 Å². The van der Waals surface area contributed by atoms with Crippen LogP contribution < -0.4 is 5.32 Å². The highest BCUT2D eigenvalue weighted by molar-refractivity contribution is 14.0. The number of ether oxygens (including phenoxy) is 1. The van der Waals surface area contributed by atoms with Gasteiger partial charge in [-0.05, 0) is 32.9 Å². The van der Waals surface area contributed by atoms with E-state index in [2.05, 4.69) is 20.9 Å². The lowest BCUT2D eigenvalue weighted by atomic mass is 10.2. The van der Waals surface area contributed by atoms with Crippen LogP contribution in [0.3, 0.4) is 0 Å². The Bertz CT molecular complexity index is 566. The lowest BCUT2D eigenvalue weighted by Gasteiger charge is -2.26. The maximum absolute atomic E-state index is 11.9. The molecule has 1 amide bonds. The molecule has 0 fully saturated rings. The number of nitrogens with one attached hydrogen (secondary N) is 1. The molecule has 0 aliphatic carbocycles. The van der Waals surface area contributed by atoms with Crippen molar-refractivity contribution in [2.75, 3.05) is 34.2 Å². The van der Waals surface area contributed by atoms with Gasteiger partial charge in [0.05, 0.1) is 6.54 Å². The van der Waals surface area contributed by atoms with Crippen LogP contribution >= 0.6 is 24.0 Å². The maximum Gasteiger partial charge on any atom is 0.410 e. The first-order chi connectivity index (χ1) is 11.1. The van der Waals surface area contributed by atoms with Crippen molar-refractivity contribution >= 4 is 36.0 Å². The summed E-state index contributed by atoms with van der Waals surface area (Å²) in [5.41, 5.74) is 0.718. The van der Waals surface area contributed by atoms with Crippen molar-refractivity contribution in [3.63, 3.8) is 0 Å². The third kappa shape index (κ3) is 8.46. The second-order valence-corrected chi connectivity index (χ2v) is 6.84. The molecule has 0 atom stereocenters. The minimum Gasteiger partial charge on any atom is -0.444 e. The standard InChI is InChI=1S/C17H31N5O2.HI/c1-17(2,3)24-16(23)21(6)12-10-19-15(18-4)22(7)13-14-9-8-11-20(14)5;/h8-9,11H,10,12-13H2,1-7H3,(H,18,19);1H. The average Bonchev–Trinajstić information content (AvgIpc) is 2.86. The number of aryl methyl sites for hydroxylation is 1. The van der Waals surface area contributed by atoms with Crippen LogP contribution in [0.25, 0.3) is 0 Å². The van der Waals surface area contributed by atoms with E-state index in [4.69, 9.17) is 4.74 Å². The van der Waals surface area contributed by atoms with Crippen LogP contribution in [0.4, 0.5) is 4.79 Å². The molecule has 0 aliphatic heterocycles. The summed E-state index contributed by atoms with van der Waals surface area (Å²) in [6.07, 6.45) is 1.70. The molecule has 0 saturated heterocycles. The highest BCUT2D eigenvalue weighted by Gasteiger charge is 2.19. The second kappa shape index (κ2) is 10.5. The Kier molecular flexibility index (Phi) is 9.91. The van der Waals surface area contributed by atoms with E-state index in [9.17, 15) is 4.79 Å². The fourth-order valence-electron chi connectivity index (χ4n) is 2.13. The summed E-state index contributed by atoms with van der Waals surface area (Å²) in [5, 5.41) is 3.27. The fourth-order valence-corrected chi connectivity index (χ4v) is 2.13. The summed E-state index contributed by atoms with van der Waals surface area (Å²) in [4.78, 5) is 19.8. The third-order valence-electron chi connectivity index (χ3n) is 3.46. The van der Waals surface area contributed by atoms with Gasteiger partial charge in [-0.2, -0.15) is 0 Å². The van der Waals surface area contributed by atoms with Crippen LogP contribution in [-0.2, 0) is 18.3 Å². The third-order valence-corrected chi connectivity index (χ3v) is 3.46. The zero-order valence-electron chi connectivity index (χ0n) is 16.4. The fraction of sp³-hybridized carbons (Fsp3) is 0.647. The number of hydrogen-bond acceptors (Lipinski definition) is 3. The molecular weight excluding hydrogens is 433 g/mol. The molecule has 1 aromatic rings. The van der Waals surface area contributed by atoms with Gasteiger partial charge in [0.2, 0.25) is 0 Å². The number of aliphatic imine (C=N–C) groups is 1. The highest BCUT2D eigenvalue weighted by Crippen LogP contribution is 2.08. The van der Waals surface area contributed by atoms with Gasteiger partial charge in [-0.15, -0.1) is 24.0 Å². The number of aromatic nitrogens is 1. The lowest BCUT2D eigenvalue weighted by molar-refractivity contribution is 0.0302. The van der Waals surface area contributed by atoms with Gasteiger partial charge in [-0.25, -0.2) is 4.79 Å². The summed E-state index contributed by atoms with van der Waals surface area (Å²) in [6.45, 7) is 7.46.